The maximum Gasteiger partial charge on any atom is 0.254 e. The first kappa shape index (κ1) is 24.1. The van der Waals surface area contributed by atoms with Crippen LogP contribution in [0.15, 0.2) is 53.4 Å². The second kappa shape index (κ2) is 9.83. The molecule has 4 aromatic rings. The number of aryl methyl sites for hydroxylation is 1. The Bertz CT molecular complexity index is 1500. The number of hydrogen-bond acceptors (Lipinski definition) is 5. The molecule has 5 rings (SSSR count). The van der Waals surface area contributed by atoms with Gasteiger partial charge >= 0.3 is 0 Å². The highest BCUT2D eigenvalue weighted by molar-refractivity contribution is 7.79. The van der Waals surface area contributed by atoms with Crippen molar-refractivity contribution in [2.24, 2.45) is 0 Å². The van der Waals surface area contributed by atoms with Gasteiger partial charge in [-0.2, -0.15) is 0 Å². The van der Waals surface area contributed by atoms with E-state index in [2.05, 4.69) is 23.0 Å². The van der Waals surface area contributed by atoms with Crippen LogP contribution in [0.5, 0.6) is 5.75 Å². The first-order chi connectivity index (χ1) is 17.4. The van der Waals surface area contributed by atoms with Crippen LogP contribution in [0.2, 0.25) is 0 Å². The standard InChI is InChI=1S/C27H26FN3O4S/c1-3-19-20(7-10-24(26(19)28)36(33)34)27(32)31-11-12-35-23-9-6-16(13-18(23)15-31)17-5-8-21-22(14-17)30-25(4-2)29-21/h5-10,13-14H,3-4,11-12,15H2,1-2H3,(H,29,30)(H,33,34)/p-1. The van der Waals surface area contributed by atoms with Gasteiger partial charge in [-0.1, -0.05) is 26.0 Å². The lowest BCUT2D eigenvalue weighted by atomic mass is 10.0. The SMILES string of the molecule is CCc1nc2ccc(-c3ccc4c(c3)CN(C(=O)c3ccc(S(=O)[O-])c(F)c3CC)CCO4)cc2[nH]1. The normalized spacial score (nSPS) is 14.3. The van der Waals surface area contributed by atoms with Gasteiger partial charge in [0.2, 0.25) is 0 Å². The lowest BCUT2D eigenvalue weighted by Gasteiger charge is -2.22. The molecule has 1 aliphatic heterocycles. The highest BCUT2D eigenvalue weighted by Crippen LogP contribution is 2.32. The first-order valence-corrected chi connectivity index (χ1v) is 12.9. The fourth-order valence-electron chi connectivity index (χ4n) is 4.60. The fraction of sp³-hybridized carbons (Fsp3) is 0.259. The lowest BCUT2D eigenvalue weighted by molar-refractivity contribution is 0.0731. The van der Waals surface area contributed by atoms with Crippen LogP contribution in [0.1, 0.15) is 41.2 Å². The second-order valence-corrected chi connectivity index (χ2v) is 9.57. The number of rotatable bonds is 5. The van der Waals surface area contributed by atoms with Gasteiger partial charge in [0.05, 0.1) is 22.5 Å². The number of aromatic amines is 1. The number of H-pyrrole nitrogens is 1. The largest absolute Gasteiger partial charge is 0.768 e. The number of nitrogens with zero attached hydrogens (tertiary/aromatic N) is 2. The summed E-state index contributed by atoms with van der Waals surface area (Å²) in [7, 11) is 0. The lowest BCUT2D eigenvalue weighted by Crippen LogP contribution is -2.33. The van der Waals surface area contributed by atoms with Crippen LogP contribution in [-0.4, -0.2) is 42.7 Å². The maximum absolute atomic E-state index is 14.8. The molecule has 0 radical (unpaired) electrons. The molecule has 0 saturated heterocycles. The van der Waals surface area contributed by atoms with Crippen LogP contribution in [0.25, 0.3) is 22.2 Å². The van der Waals surface area contributed by atoms with Crippen molar-refractivity contribution in [3.63, 3.8) is 0 Å². The van der Waals surface area contributed by atoms with E-state index >= 15 is 0 Å². The number of halogens is 1. The van der Waals surface area contributed by atoms with Gasteiger partial charge < -0.3 is 19.2 Å². The van der Waals surface area contributed by atoms with Gasteiger partial charge in [-0.25, -0.2) is 9.37 Å². The number of benzene rings is 3. The summed E-state index contributed by atoms with van der Waals surface area (Å²) in [6, 6.07) is 14.5. The molecule has 0 bridgehead atoms. The van der Waals surface area contributed by atoms with E-state index in [1.165, 1.54) is 6.07 Å². The topological polar surface area (TPSA) is 98.3 Å². The van der Waals surface area contributed by atoms with Crippen molar-refractivity contribution >= 4 is 28.0 Å². The number of hydrogen-bond donors (Lipinski definition) is 1. The van der Waals surface area contributed by atoms with Crippen LogP contribution in [-0.2, 0) is 30.5 Å². The summed E-state index contributed by atoms with van der Waals surface area (Å²) < 4.78 is 43.4. The van der Waals surface area contributed by atoms with Gasteiger partial charge in [-0.3, -0.25) is 9.00 Å². The Kier molecular flexibility index (Phi) is 6.59. The van der Waals surface area contributed by atoms with Crippen LogP contribution in [0.4, 0.5) is 4.39 Å². The number of carbonyl (C=O) groups excluding carboxylic acids is 1. The minimum atomic E-state index is -2.72. The molecule has 3 aromatic carbocycles. The number of amides is 1. The van der Waals surface area contributed by atoms with Crippen LogP contribution in [0.3, 0.4) is 0 Å². The van der Waals surface area contributed by atoms with Crippen molar-refractivity contribution in [3.05, 3.63) is 76.9 Å². The first-order valence-electron chi connectivity index (χ1n) is 11.8. The molecule has 0 aliphatic carbocycles. The Morgan fingerprint density at radius 2 is 1.92 bits per heavy atom. The van der Waals surface area contributed by atoms with Gasteiger partial charge in [0, 0.05) is 29.7 Å². The summed E-state index contributed by atoms with van der Waals surface area (Å²) in [5.74, 6) is 0.403. The van der Waals surface area contributed by atoms with E-state index in [9.17, 15) is 17.9 Å². The summed E-state index contributed by atoms with van der Waals surface area (Å²) >= 11 is -2.72. The average molecular weight is 507 g/mol. The molecule has 1 atom stereocenters. The fourth-order valence-corrected chi connectivity index (χ4v) is 5.05. The van der Waals surface area contributed by atoms with Crippen LogP contribution in [0, 0.1) is 5.82 Å². The molecule has 186 valence electrons. The molecule has 1 unspecified atom stereocenters. The zero-order chi connectivity index (χ0) is 25.4. The zero-order valence-electron chi connectivity index (χ0n) is 20.0. The van der Waals surface area contributed by atoms with Gasteiger partial charge in [-0.05, 0) is 65.0 Å². The summed E-state index contributed by atoms with van der Waals surface area (Å²) in [5.41, 5.74) is 4.97. The van der Waals surface area contributed by atoms with Gasteiger partial charge in [0.15, 0.2) is 0 Å². The molecule has 0 fully saturated rings. The molecule has 2 heterocycles. The predicted octanol–water partition coefficient (Wildman–Crippen LogP) is 4.77. The number of fused-ring (bicyclic) bond motifs is 2. The summed E-state index contributed by atoms with van der Waals surface area (Å²) in [6.45, 7) is 4.65. The molecule has 1 aromatic heterocycles. The molecule has 0 saturated carbocycles. The third kappa shape index (κ3) is 4.40. The highest BCUT2D eigenvalue weighted by Gasteiger charge is 2.25. The van der Waals surface area contributed by atoms with Crippen LogP contribution >= 0.6 is 0 Å². The van der Waals surface area contributed by atoms with Crippen molar-refractivity contribution in [1.82, 2.24) is 14.9 Å². The zero-order valence-corrected chi connectivity index (χ0v) is 20.8. The summed E-state index contributed by atoms with van der Waals surface area (Å²) in [6.07, 6.45) is 1.02. The third-order valence-electron chi connectivity index (χ3n) is 6.50. The Labute approximate surface area is 210 Å². The van der Waals surface area contributed by atoms with Crippen molar-refractivity contribution in [2.75, 3.05) is 13.2 Å². The molecular formula is C27H25FN3O4S-. The number of imidazole rings is 1. The molecule has 9 heteroatoms. The molecule has 1 aliphatic rings. The van der Waals surface area contributed by atoms with E-state index in [0.717, 1.165) is 46.0 Å². The third-order valence-corrected chi connectivity index (χ3v) is 7.17. The molecule has 36 heavy (non-hydrogen) atoms. The number of carbonyl (C=O) groups is 1. The number of ether oxygens (including phenoxy) is 1. The van der Waals surface area contributed by atoms with Gasteiger partial charge in [0.1, 0.15) is 24.0 Å². The molecule has 0 spiro atoms. The molecule has 1 N–H and O–H groups in total. The number of nitrogens with one attached hydrogen (secondary N) is 1. The second-order valence-electron chi connectivity index (χ2n) is 8.66. The molecular weight excluding hydrogens is 481 g/mol. The van der Waals surface area contributed by atoms with E-state index in [0.29, 0.717) is 18.9 Å². The highest BCUT2D eigenvalue weighted by atomic mass is 32.2. The summed E-state index contributed by atoms with van der Waals surface area (Å²) in [5, 5.41) is 0. The van der Waals surface area contributed by atoms with Crippen molar-refractivity contribution in [3.8, 4) is 16.9 Å². The minimum Gasteiger partial charge on any atom is -0.768 e. The van der Waals surface area contributed by atoms with Crippen molar-refractivity contribution in [1.29, 1.82) is 0 Å². The van der Waals surface area contributed by atoms with Crippen molar-refractivity contribution < 1.29 is 22.7 Å². The Balaban J connectivity index is 1.47. The van der Waals surface area contributed by atoms with E-state index < -0.39 is 21.8 Å². The predicted molar refractivity (Wildman–Crippen MR) is 134 cm³/mol. The quantitative estimate of drug-likeness (QED) is 0.393. The van der Waals surface area contributed by atoms with E-state index in [1.54, 1.807) is 11.8 Å². The van der Waals surface area contributed by atoms with Gasteiger partial charge in [-0.15, -0.1) is 0 Å². The number of aromatic nitrogens is 2. The average Bonchev–Trinajstić information content (AvgIpc) is 3.18. The molecule has 1 amide bonds. The molecule has 7 nitrogen and oxygen atoms in total. The minimum absolute atomic E-state index is 0.0974. The Morgan fingerprint density at radius 1 is 1.14 bits per heavy atom. The van der Waals surface area contributed by atoms with E-state index in [4.69, 9.17) is 4.74 Å². The van der Waals surface area contributed by atoms with E-state index in [1.807, 2.05) is 30.3 Å². The van der Waals surface area contributed by atoms with Crippen LogP contribution < -0.4 is 4.74 Å². The Hall–Kier alpha value is -3.56. The summed E-state index contributed by atoms with van der Waals surface area (Å²) in [4.78, 5) is 22.5. The van der Waals surface area contributed by atoms with Crippen molar-refractivity contribution in [2.45, 2.75) is 38.1 Å². The van der Waals surface area contributed by atoms with E-state index in [-0.39, 0.29) is 30.0 Å². The monoisotopic (exact) mass is 506 g/mol. The van der Waals surface area contributed by atoms with Gasteiger partial charge in [0.25, 0.3) is 5.91 Å². The Morgan fingerprint density at radius 3 is 2.67 bits per heavy atom. The smallest absolute Gasteiger partial charge is 0.254 e. The maximum atomic E-state index is 14.8.